The third kappa shape index (κ3) is 7.45. The fourth-order valence-electron chi connectivity index (χ4n) is 1.92. The second kappa shape index (κ2) is 7.76. The SMILES string of the molecule is CC(C)CC(=O)Nc1cc(C(F)(F)F)ccc1NC(=O)OC(C)(C)C. The van der Waals surface area contributed by atoms with Crippen molar-refractivity contribution in [2.45, 2.75) is 52.8 Å². The lowest BCUT2D eigenvalue weighted by Crippen LogP contribution is -2.27. The van der Waals surface area contributed by atoms with Gasteiger partial charge in [-0.25, -0.2) is 4.79 Å². The molecule has 2 amide bonds. The number of halogens is 3. The maximum absolute atomic E-state index is 12.9. The lowest BCUT2D eigenvalue weighted by Gasteiger charge is -2.21. The van der Waals surface area contributed by atoms with Crippen molar-refractivity contribution >= 4 is 23.4 Å². The molecule has 0 aromatic heterocycles. The monoisotopic (exact) mass is 360 g/mol. The number of benzene rings is 1. The number of hydrogen-bond donors (Lipinski definition) is 2. The number of nitrogens with one attached hydrogen (secondary N) is 2. The summed E-state index contributed by atoms with van der Waals surface area (Å²) in [6.45, 7) is 8.59. The molecular weight excluding hydrogens is 337 g/mol. The molecule has 140 valence electrons. The number of alkyl halides is 3. The third-order valence-electron chi connectivity index (χ3n) is 2.85. The van der Waals surface area contributed by atoms with Crippen LogP contribution >= 0.6 is 0 Å². The Morgan fingerprint density at radius 1 is 1.08 bits per heavy atom. The summed E-state index contributed by atoms with van der Waals surface area (Å²) >= 11 is 0. The van der Waals surface area contributed by atoms with Crippen LogP contribution in [-0.2, 0) is 15.7 Å². The molecule has 1 rings (SSSR count). The van der Waals surface area contributed by atoms with Gasteiger partial charge in [0.1, 0.15) is 5.60 Å². The van der Waals surface area contributed by atoms with E-state index in [0.717, 1.165) is 18.2 Å². The van der Waals surface area contributed by atoms with E-state index in [4.69, 9.17) is 4.74 Å². The van der Waals surface area contributed by atoms with Gasteiger partial charge in [-0.15, -0.1) is 0 Å². The molecule has 25 heavy (non-hydrogen) atoms. The molecule has 0 unspecified atom stereocenters. The Kier molecular flexibility index (Phi) is 6.45. The molecule has 0 fully saturated rings. The first-order chi connectivity index (χ1) is 11.3. The Morgan fingerprint density at radius 2 is 1.68 bits per heavy atom. The van der Waals surface area contributed by atoms with Crippen LogP contribution in [0.2, 0.25) is 0 Å². The van der Waals surface area contributed by atoms with Crippen LogP contribution in [0.1, 0.15) is 46.6 Å². The van der Waals surface area contributed by atoms with E-state index in [0.29, 0.717) is 0 Å². The zero-order chi connectivity index (χ0) is 19.4. The highest BCUT2D eigenvalue weighted by Gasteiger charge is 2.31. The lowest BCUT2D eigenvalue weighted by atomic mass is 10.1. The molecule has 0 saturated heterocycles. The smallest absolute Gasteiger partial charge is 0.416 e. The molecule has 0 aliphatic carbocycles. The standard InChI is InChI=1S/C17H23F3N2O3/c1-10(2)8-14(23)21-13-9-11(17(18,19)20)6-7-12(13)22-15(24)25-16(3,4)5/h6-7,9-10H,8H2,1-5H3,(H,21,23)(H,22,24). The van der Waals surface area contributed by atoms with Crippen LogP contribution in [0, 0.1) is 5.92 Å². The Morgan fingerprint density at radius 3 is 2.16 bits per heavy atom. The molecule has 0 heterocycles. The van der Waals surface area contributed by atoms with Gasteiger partial charge in [0.15, 0.2) is 0 Å². The highest BCUT2D eigenvalue weighted by atomic mass is 19.4. The molecule has 2 N–H and O–H groups in total. The molecule has 0 atom stereocenters. The summed E-state index contributed by atoms with van der Waals surface area (Å²) in [6, 6.07) is 2.69. The number of carbonyl (C=O) groups excluding carboxylic acids is 2. The van der Waals surface area contributed by atoms with Crippen molar-refractivity contribution in [2.75, 3.05) is 10.6 Å². The summed E-state index contributed by atoms with van der Waals surface area (Å²) in [5.74, 6) is -0.408. The first-order valence-corrected chi connectivity index (χ1v) is 7.79. The van der Waals surface area contributed by atoms with E-state index >= 15 is 0 Å². The topological polar surface area (TPSA) is 67.4 Å². The molecule has 0 aliphatic heterocycles. The summed E-state index contributed by atoms with van der Waals surface area (Å²) < 4.78 is 43.8. The molecule has 8 heteroatoms. The van der Waals surface area contributed by atoms with Crippen molar-refractivity contribution in [1.29, 1.82) is 0 Å². The van der Waals surface area contributed by atoms with Crippen molar-refractivity contribution in [3.05, 3.63) is 23.8 Å². The minimum Gasteiger partial charge on any atom is -0.444 e. The van der Waals surface area contributed by atoms with Crippen LogP contribution < -0.4 is 10.6 Å². The number of ether oxygens (including phenoxy) is 1. The van der Waals surface area contributed by atoms with Gasteiger partial charge in [0, 0.05) is 6.42 Å². The van der Waals surface area contributed by atoms with Gasteiger partial charge in [0.2, 0.25) is 5.91 Å². The maximum Gasteiger partial charge on any atom is 0.416 e. The van der Waals surface area contributed by atoms with Gasteiger partial charge >= 0.3 is 12.3 Å². The van der Waals surface area contributed by atoms with Gasteiger partial charge < -0.3 is 10.1 Å². The van der Waals surface area contributed by atoms with Crippen molar-refractivity contribution < 1.29 is 27.5 Å². The highest BCUT2D eigenvalue weighted by Crippen LogP contribution is 2.34. The Balaban J connectivity index is 3.10. The van der Waals surface area contributed by atoms with Gasteiger partial charge in [-0.3, -0.25) is 10.1 Å². The molecule has 1 aromatic carbocycles. The normalized spacial score (nSPS) is 12.0. The highest BCUT2D eigenvalue weighted by molar-refractivity contribution is 5.98. The van der Waals surface area contributed by atoms with Gasteiger partial charge in [-0.2, -0.15) is 13.2 Å². The van der Waals surface area contributed by atoms with E-state index in [1.54, 1.807) is 20.8 Å². The number of carbonyl (C=O) groups is 2. The largest absolute Gasteiger partial charge is 0.444 e. The molecule has 0 spiro atoms. The van der Waals surface area contributed by atoms with E-state index in [9.17, 15) is 22.8 Å². The minimum absolute atomic E-state index is 0.0272. The first-order valence-electron chi connectivity index (χ1n) is 7.79. The average Bonchev–Trinajstić information content (AvgIpc) is 2.36. The van der Waals surface area contributed by atoms with Gasteiger partial charge in [-0.05, 0) is 44.9 Å². The third-order valence-corrected chi connectivity index (χ3v) is 2.85. The van der Waals surface area contributed by atoms with E-state index in [2.05, 4.69) is 10.6 Å². The zero-order valence-electron chi connectivity index (χ0n) is 14.9. The fraction of sp³-hybridized carbons (Fsp3) is 0.529. The predicted octanol–water partition coefficient (Wildman–Crippen LogP) is 5.04. The number of anilines is 2. The summed E-state index contributed by atoms with van der Waals surface area (Å²) in [4.78, 5) is 23.8. The molecule has 1 aromatic rings. The Labute approximate surface area is 144 Å². The minimum atomic E-state index is -4.57. The molecule has 0 radical (unpaired) electrons. The van der Waals surface area contributed by atoms with Crippen molar-refractivity contribution in [3.8, 4) is 0 Å². The number of rotatable bonds is 4. The van der Waals surface area contributed by atoms with Gasteiger partial charge in [-0.1, -0.05) is 13.8 Å². The van der Waals surface area contributed by atoms with Crippen LogP contribution in [0.4, 0.5) is 29.3 Å². The second-order valence-electron chi connectivity index (χ2n) is 7.03. The number of amides is 2. The van der Waals surface area contributed by atoms with Crippen LogP contribution in [0.3, 0.4) is 0 Å². The van der Waals surface area contributed by atoms with E-state index in [1.165, 1.54) is 0 Å². The van der Waals surface area contributed by atoms with Gasteiger partial charge in [0.05, 0.1) is 16.9 Å². The van der Waals surface area contributed by atoms with E-state index in [-0.39, 0.29) is 23.7 Å². The quantitative estimate of drug-likeness (QED) is 0.791. The average molecular weight is 360 g/mol. The Hall–Kier alpha value is -2.25. The van der Waals surface area contributed by atoms with Crippen molar-refractivity contribution in [1.82, 2.24) is 0 Å². The maximum atomic E-state index is 12.9. The molecule has 0 saturated carbocycles. The van der Waals surface area contributed by atoms with E-state index < -0.39 is 29.3 Å². The van der Waals surface area contributed by atoms with Crippen molar-refractivity contribution in [2.24, 2.45) is 5.92 Å². The van der Waals surface area contributed by atoms with Gasteiger partial charge in [0.25, 0.3) is 0 Å². The summed E-state index contributed by atoms with van der Waals surface area (Å²) in [7, 11) is 0. The molecular formula is C17H23F3N2O3. The zero-order valence-corrected chi connectivity index (χ0v) is 14.9. The van der Waals surface area contributed by atoms with Crippen molar-refractivity contribution in [3.63, 3.8) is 0 Å². The number of hydrogen-bond acceptors (Lipinski definition) is 3. The fourth-order valence-corrected chi connectivity index (χ4v) is 1.92. The van der Waals surface area contributed by atoms with Crippen LogP contribution in [0.15, 0.2) is 18.2 Å². The molecule has 0 aliphatic rings. The Bertz CT molecular complexity index is 635. The second-order valence-corrected chi connectivity index (χ2v) is 7.03. The predicted molar refractivity (Wildman–Crippen MR) is 89.4 cm³/mol. The first kappa shape index (κ1) is 20.8. The molecule has 0 bridgehead atoms. The molecule has 5 nitrogen and oxygen atoms in total. The summed E-state index contributed by atoms with van der Waals surface area (Å²) in [5.41, 5.74) is -1.80. The summed E-state index contributed by atoms with van der Waals surface area (Å²) in [6.07, 6.45) is -5.25. The van der Waals surface area contributed by atoms with Crippen LogP contribution in [0.5, 0.6) is 0 Å². The van der Waals surface area contributed by atoms with Crippen LogP contribution in [0.25, 0.3) is 0 Å². The summed E-state index contributed by atoms with van der Waals surface area (Å²) in [5, 5.41) is 4.77. The lowest BCUT2D eigenvalue weighted by molar-refractivity contribution is -0.137. The van der Waals surface area contributed by atoms with E-state index in [1.807, 2.05) is 13.8 Å². The van der Waals surface area contributed by atoms with Crippen LogP contribution in [-0.4, -0.2) is 17.6 Å².